The van der Waals surface area contributed by atoms with Gasteiger partial charge < -0.3 is 9.64 Å². The lowest BCUT2D eigenvalue weighted by Crippen LogP contribution is -2.62. The van der Waals surface area contributed by atoms with E-state index in [1.807, 2.05) is 35.2 Å². The summed E-state index contributed by atoms with van der Waals surface area (Å²) in [5, 5.41) is 0. The summed E-state index contributed by atoms with van der Waals surface area (Å²) in [6, 6.07) is 26.4. The van der Waals surface area contributed by atoms with Crippen molar-refractivity contribution in [3.8, 4) is 5.75 Å². The van der Waals surface area contributed by atoms with Gasteiger partial charge in [0.1, 0.15) is 5.75 Å². The van der Waals surface area contributed by atoms with Crippen LogP contribution in [-0.4, -0.2) is 44.0 Å². The van der Waals surface area contributed by atoms with Gasteiger partial charge in [0.15, 0.2) is 0 Å². The first kappa shape index (κ1) is 24.4. The van der Waals surface area contributed by atoms with E-state index in [2.05, 4.69) is 60.6 Å². The predicted octanol–water partition coefficient (Wildman–Crippen LogP) is 4.71. The molecule has 6 heteroatoms. The van der Waals surface area contributed by atoms with Gasteiger partial charge >= 0.3 is 0 Å². The summed E-state index contributed by atoms with van der Waals surface area (Å²) in [5.41, 5.74) is 6.11. The lowest BCUT2D eigenvalue weighted by Gasteiger charge is -2.59. The maximum absolute atomic E-state index is 14.1. The number of amides is 2. The number of para-hydroxylation sites is 1. The lowest BCUT2D eigenvalue weighted by molar-refractivity contribution is -0.150. The monoisotopic (exact) mass is 508 g/mol. The normalized spacial score (nSPS) is 26.8. The van der Waals surface area contributed by atoms with Crippen molar-refractivity contribution in [2.24, 2.45) is 11.3 Å². The molecule has 38 heavy (non-hydrogen) atoms. The molecule has 2 bridgehead atoms. The molecule has 2 fully saturated rings. The minimum absolute atomic E-state index is 0.0261. The maximum atomic E-state index is 14.1. The van der Waals surface area contributed by atoms with Crippen LogP contribution in [0.3, 0.4) is 0 Å². The summed E-state index contributed by atoms with van der Waals surface area (Å²) < 4.78 is 5.51. The maximum Gasteiger partial charge on any atom is 0.254 e. The van der Waals surface area contributed by atoms with Gasteiger partial charge in [0.2, 0.25) is 0 Å². The van der Waals surface area contributed by atoms with E-state index in [9.17, 15) is 9.59 Å². The van der Waals surface area contributed by atoms with Crippen LogP contribution < -0.4 is 10.2 Å². The number of likely N-dealkylation sites (tertiary alicyclic amines) is 1. The van der Waals surface area contributed by atoms with E-state index in [0.717, 1.165) is 12.8 Å². The number of benzene rings is 3. The first-order chi connectivity index (χ1) is 18.5. The Morgan fingerprint density at radius 2 is 1.68 bits per heavy atom. The van der Waals surface area contributed by atoms with Gasteiger partial charge in [-0.2, -0.15) is 0 Å². The van der Waals surface area contributed by atoms with Crippen molar-refractivity contribution in [2.45, 2.75) is 24.2 Å². The molecule has 194 valence electrons. The number of rotatable bonds is 6. The molecule has 7 rings (SSSR count). The van der Waals surface area contributed by atoms with Gasteiger partial charge in [-0.3, -0.25) is 14.4 Å². The summed E-state index contributed by atoms with van der Waals surface area (Å²) >= 11 is 0. The van der Waals surface area contributed by atoms with Crippen LogP contribution in [0.2, 0.25) is 0 Å². The van der Waals surface area contributed by atoms with E-state index in [-0.39, 0.29) is 23.7 Å². The fraction of sp³-hybridized carbons (Fsp3) is 0.312. The number of hydroxylamine groups is 1. The first-order valence-electron chi connectivity index (χ1n) is 13.1. The second kappa shape index (κ2) is 9.14. The Kier molecular flexibility index (Phi) is 5.88. The van der Waals surface area contributed by atoms with E-state index in [1.54, 1.807) is 7.11 Å². The lowest BCUT2D eigenvalue weighted by atomic mass is 9.42. The Labute approximate surface area is 223 Å². The molecular weight excluding hydrogens is 476 g/mol. The van der Waals surface area contributed by atoms with Gasteiger partial charge in [-0.25, -0.2) is 5.48 Å². The van der Waals surface area contributed by atoms with E-state index < -0.39 is 10.8 Å². The summed E-state index contributed by atoms with van der Waals surface area (Å²) in [4.78, 5) is 35.1. The highest BCUT2D eigenvalue weighted by atomic mass is 16.6. The van der Waals surface area contributed by atoms with Gasteiger partial charge in [-0.15, -0.1) is 0 Å². The highest BCUT2D eigenvalue weighted by Crippen LogP contribution is 2.69. The largest absolute Gasteiger partial charge is 0.496 e. The Morgan fingerprint density at radius 1 is 0.974 bits per heavy atom. The Balaban J connectivity index is 1.50. The smallest absolute Gasteiger partial charge is 0.254 e. The molecule has 4 atom stereocenters. The molecule has 1 aliphatic heterocycles. The molecular formula is C32H32N2O4. The SMILES string of the molecule is C=C(C(=O)N1CC2C3(c4ccccc4)CCC(c4ccccc43)C2(C(=O)NOC)C1)c1ccccc1OC. The number of carbonyl (C=O) groups is 2. The molecule has 1 heterocycles. The average Bonchev–Trinajstić information content (AvgIpc) is 3.41. The third kappa shape index (κ3) is 3.23. The van der Waals surface area contributed by atoms with Crippen LogP contribution in [0.4, 0.5) is 0 Å². The summed E-state index contributed by atoms with van der Waals surface area (Å²) in [7, 11) is 3.05. The number of hydrogen-bond donors (Lipinski definition) is 1. The van der Waals surface area contributed by atoms with Crippen LogP contribution in [0.1, 0.15) is 41.0 Å². The minimum atomic E-state index is -0.838. The zero-order valence-corrected chi connectivity index (χ0v) is 21.8. The molecule has 3 aromatic rings. The Hall–Kier alpha value is -3.90. The molecule has 0 aromatic heterocycles. The van der Waals surface area contributed by atoms with Crippen molar-refractivity contribution in [1.29, 1.82) is 0 Å². The Bertz CT molecular complexity index is 1420. The second-order valence-electron chi connectivity index (χ2n) is 10.6. The molecule has 0 spiro atoms. The molecule has 3 aromatic carbocycles. The highest BCUT2D eigenvalue weighted by molar-refractivity contribution is 6.19. The van der Waals surface area contributed by atoms with Crippen molar-refractivity contribution in [2.75, 3.05) is 27.3 Å². The molecule has 4 aliphatic rings. The zero-order chi connectivity index (χ0) is 26.5. The van der Waals surface area contributed by atoms with Crippen LogP contribution >= 0.6 is 0 Å². The topological polar surface area (TPSA) is 67.9 Å². The first-order valence-corrected chi connectivity index (χ1v) is 13.1. The minimum Gasteiger partial charge on any atom is -0.496 e. The molecule has 3 aliphatic carbocycles. The average molecular weight is 509 g/mol. The van der Waals surface area contributed by atoms with Crippen LogP contribution in [0.5, 0.6) is 5.75 Å². The number of ether oxygens (including phenoxy) is 1. The Morgan fingerprint density at radius 3 is 2.45 bits per heavy atom. The molecule has 1 saturated heterocycles. The molecule has 1 N–H and O–H groups in total. The molecule has 4 unspecified atom stereocenters. The van der Waals surface area contributed by atoms with Crippen molar-refractivity contribution in [3.63, 3.8) is 0 Å². The number of methoxy groups -OCH3 is 1. The number of nitrogens with one attached hydrogen (secondary N) is 1. The van der Waals surface area contributed by atoms with Crippen molar-refractivity contribution in [1.82, 2.24) is 10.4 Å². The van der Waals surface area contributed by atoms with Gasteiger partial charge in [0.25, 0.3) is 11.8 Å². The number of hydrogen-bond acceptors (Lipinski definition) is 4. The van der Waals surface area contributed by atoms with Gasteiger partial charge in [0.05, 0.1) is 19.6 Å². The molecule has 1 saturated carbocycles. The molecule has 0 radical (unpaired) electrons. The number of carbonyl (C=O) groups excluding carboxylic acids is 2. The van der Waals surface area contributed by atoms with E-state index >= 15 is 0 Å². The van der Waals surface area contributed by atoms with E-state index in [4.69, 9.17) is 9.57 Å². The van der Waals surface area contributed by atoms with Crippen LogP contribution in [0, 0.1) is 11.3 Å². The van der Waals surface area contributed by atoms with Gasteiger partial charge in [-0.05, 0) is 35.6 Å². The summed E-state index contributed by atoms with van der Waals surface area (Å²) in [6.07, 6.45) is 1.77. The fourth-order valence-electron chi connectivity index (χ4n) is 7.76. The molecule has 2 amide bonds. The highest BCUT2D eigenvalue weighted by Gasteiger charge is 2.70. The van der Waals surface area contributed by atoms with Crippen molar-refractivity contribution >= 4 is 17.4 Å². The van der Waals surface area contributed by atoms with Crippen LogP contribution in [0.25, 0.3) is 5.57 Å². The molecule has 6 nitrogen and oxygen atoms in total. The standard InChI is InChI=1S/C32H32N2O4/c1-21(23-13-8-10-16-27(23)37-2)29(35)34-19-28-31(22-11-5-4-6-12-22)18-17-26(24-14-7-9-15-25(24)31)32(28,20-34)30(36)33-38-3/h4-16,26,28H,1,17-20H2,2-3H3,(H,33,36). The summed E-state index contributed by atoms with van der Waals surface area (Å²) in [5.74, 6) is 0.0998. The van der Waals surface area contributed by atoms with Gasteiger partial charge in [-0.1, -0.05) is 79.4 Å². The van der Waals surface area contributed by atoms with E-state index in [0.29, 0.717) is 30.0 Å². The predicted molar refractivity (Wildman–Crippen MR) is 145 cm³/mol. The van der Waals surface area contributed by atoms with Crippen molar-refractivity contribution < 1.29 is 19.2 Å². The number of fused-ring (bicyclic) bond motifs is 1. The van der Waals surface area contributed by atoms with E-state index in [1.165, 1.54) is 23.8 Å². The van der Waals surface area contributed by atoms with Crippen LogP contribution in [-0.2, 0) is 19.8 Å². The number of nitrogens with zero attached hydrogens (tertiary/aromatic N) is 1. The second-order valence-corrected chi connectivity index (χ2v) is 10.6. The quantitative estimate of drug-likeness (QED) is 0.387. The summed E-state index contributed by atoms with van der Waals surface area (Å²) in [6.45, 7) is 4.92. The van der Waals surface area contributed by atoms with Gasteiger partial charge in [0, 0.05) is 41.5 Å². The third-order valence-electron chi connectivity index (χ3n) is 9.22. The third-order valence-corrected chi connectivity index (χ3v) is 9.22. The van der Waals surface area contributed by atoms with Crippen molar-refractivity contribution in [3.05, 3.63) is 108 Å². The van der Waals surface area contributed by atoms with Crippen LogP contribution in [0.15, 0.2) is 85.4 Å². The zero-order valence-electron chi connectivity index (χ0n) is 21.8. The fourth-order valence-corrected chi connectivity index (χ4v) is 7.76.